The van der Waals surface area contributed by atoms with E-state index in [0.29, 0.717) is 0 Å². The van der Waals surface area contributed by atoms with E-state index < -0.39 is 0 Å². The number of hydrogen-bond acceptors (Lipinski definition) is 0. The third kappa shape index (κ3) is 356. The normalized spacial score (nSPS) is 0. The summed E-state index contributed by atoms with van der Waals surface area (Å²) in [6.45, 7) is 0. The van der Waals surface area contributed by atoms with Crippen molar-refractivity contribution in [2.45, 2.75) is 0 Å². The largest absolute Gasteiger partial charge is 0.412 e. The summed E-state index contributed by atoms with van der Waals surface area (Å²) in [5, 5.41) is 0. The van der Waals surface area contributed by atoms with E-state index in [-0.39, 0.29) is 178 Å². The van der Waals surface area contributed by atoms with Crippen molar-refractivity contribution in [3.05, 3.63) is 0 Å². The van der Waals surface area contributed by atoms with Gasteiger partial charge < -0.3 is 43.8 Å². The van der Waals surface area contributed by atoms with Crippen molar-refractivity contribution >= 4 is 0 Å². The molecule has 16 heavy (non-hydrogen) atoms. The Morgan fingerprint density at radius 3 is 0.125 bits per heavy atom. The Labute approximate surface area is 176 Å². The smallest absolute Gasteiger partial charge is 0 e. The third-order valence-corrected chi connectivity index (χ3v) is 0. The van der Waals surface area contributed by atoms with E-state index in [1.165, 1.54) is 0 Å². The second-order valence-electron chi connectivity index (χ2n) is 0. The second-order valence-corrected chi connectivity index (χ2v) is 0. The Bertz CT molecular complexity index is 16.0. The van der Waals surface area contributed by atoms with Crippen LogP contribution >= 0.6 is 0 Å². The van der Waals surface area contributed by atoms with Gasteiger partial charge in [-0.1, -0.05) is 0 Å². The zero-order valence-corrected chi connectivity index (χ0v) is 15.0. The summed E-state index contributed by atoms with van der Waals surface area (Å²) >= 11 is 0. The van der Waals surface area contributed by atoms with Gasteiger partial charge in [-0.3, -0.25) is 0 Å². The van der Waals surface area contributed by atoms with E-state index in [2.05, 4.69) is 0 Å². The van der Waals surface area contributed by atoms with Crippen LogP contribution in [0.15, 0.2) is 0 Å². The molecule has 0 saturated heterocycles. The maximum absolute atomic E-state index is 0. The van der Waals surface area contributed by atoms with Crippen LogP contribution in [0.25, 0.3) is 0 Å². The molecule has 0 rings (SSSR count). The predicted octanol–water partition coefficient (Wildman–Crippen LogP) is -6.62. The van der Waals surface area contributed by atoms with Crippen molar-refractivity contribution in [2.24, 2.45) is 0 Å². The van der Waals surface area contributed by atoms with Crippen LogP contribution in [0, 0.1) is 0 Å². The van der Waals surface area contributed by atoms with E-state index in [1.54, 1.807) is 0 Å². The van der Waals surface area contributed by atoms with Crippen LogP contribution in [0.4, 0.5) is 0 Å². The minimum Gasteiger partial charge on any atom is -0.412 e. The first-order chi connectivity index (χ1) is 0. The number of hydrogen-bond donors (Lipinski definition) is 0. The van der Waals surface area contributed by atoms with Crippen molar-refractivity contribution < 1.29 is 178 Å². The molecule has 0 bridgehead atoms. The molecular formula is H16Co8O8. The molecular weight excluding hydrogens is 599 g/mol. The maximum Gasteiger partial charge on any atom is 0 e. The molecule has 0 aromatic carbocycles. The Kier molecular flexibility index (Phi) is 13100. The molecule has 0 aromatic heterocycles. The van der Waals surface area contributed by atoms with Gasteiger partial charge in [-0.2, -0.15) is 0 Å². The monoisotopic (exact) mass is 616 g/mol. The first kappa shape index (κ1) is 497. The molecule has 0 fully saturated rings. The van der Waals surface area contributed by atoms with Crippen molar-refractivity contribution in [2.75, 3.05) is 0 Å². The molecule has 0 amide bonds. The van der Waals surface area contributed by atoms with Gasteiger partial charge in [-0.25, -0.2) is 0 Å². The fourth-order valence-corrected chi connectivity index (χ4v) is 0. The molecule has 0 saturated carbocycles. The van der Waals surface area contributed by atoms with Gasteiger partial charge in [0.05, 0.1) is 0 Å². The van der Waals surface area contributed by atoms with Crippen LogP contribution in [-0.2, 0) is 134 Å². The van der Waals surface area contributed by atoms with Crippen molar-refractivity contribution in [3.8, 4) is 0 Å². The zero-order valence-electron chi connectivity index (χ0n) is 6.67. The quantitative estimate of drug-likeness (QED) is 0.246. The van der Waals surface area contributed by atoms with Gasteiger partial charge in [0.1, 0.15) is 0 Å². The van der Waals surface area contributed by atoms with Gasteiger partial charge in [0, 0.05) is 134 Å². The summed E-state index contributed by atoms with van der Waals surface area (Å²) in [5.74, 6) is 0. The van der Waals surface area contributed by atoms with Crippen molar-refractivity contribution in [3.63, 3.8) is 0 Å². The molecule has 16 heteroatoms. The molecule has 0 spiro atoms. The fourth-order valence-electron chi connectivity index (χ4n) is 0. The first-order valence-corrected chi connectivity index (χ1v) is 0. The van der Waals surface area contributed by atoms with E-state index in [4.69, 9.17) is 0 Å². The van der Waals surface area contributed by atoms with Crippen LogP contribution < -0.4 is 0 Å². The summed E-state index contributed by atoms with van der Waals surface area (Å²) in [7, 11) is 0. The minimum absolute atomic E-state index is 0. The molecule has 8 nitrogen and oxygen atoms in total. The molecule has 0 aliphatic carbocycles. The van der Waals surface area contributed by atoms with E-state index >= 15 is 0 Å². The Balaban J connectivity index is 0. The summed E-state index contributed by atoms with van der Waals surface area (Å²) < 4.78 is 0. The SMILES string of the molecule is O.O.O.O.O.O.O.O.[Co].[Co].[Co].[Co].[Co].[Co].[Co].[Co]. The molecule has 0 aliphatic heterocycles. The van der Waals surface area contributed by atoms with Crippen LogP contribution in [0.1, 0.15) is 0 Å². The van der Waals surface area contributed by atoms with E-state index in [1.807, 2.05) is 0 Å². The second kappa shape index (κ2) is 423. The Morgan fingerprint density at radius 1 is 0.125 bits per heavy atom. The summed E-state index contributed by atoms with van der Waals surface area (Å²) in [6, 6.07) is 0. The van der Waals surface area contributed by atoms with Gasteiger partial charge in [0.15, 0.2) is 0 Å². The molecule has 0 aliphatic rings. The molecule has 16 N–H and O–H groups in total. The Morgan fingerprint density at radius 2 is 0.125 bits per heavy atom. The molecule has 8 radical (unpaired) electrons. The average Bonchev–Trinajstić information content (AvgIpc) is 0. The molecule has 0 atom stereocenters. The fraction of sp³-hybridized carbons (Fsp3) is 0. The van der Waals surface area contributed by atoms with Crippen LogP contribution in [-0.4, -0.2) is 43.8 Å². The molecule has 136 valence electrons. The first-order valence-electron chi connectivity index (χ1n) is 0. The third-order valence-electron chi connectivity index (χ3n) is 0. The van der Waals surface area contributed by atoms with Gasteiger partial charge in [0.25, 0.3) is 0 Å². The summed E-state index contributed by atoms with van der Waals surface area (Å²) in [6.07, 6.45) is 0. The average molecular weight is 616 g/mol. The van der Waals surface area contributed by atoms with Crippen LogP contribution in [0.3, 0.4) is 0 Å². The number of rotatable bonds is 0. The maximum atomic E-state index is 0. The Hall–Kier alpha value is 3.73. The molecule has 0 aromatic rings. The zero-order chi connectivity index (χ0) is 0. The van der Waals surface area contributed by atoms with Crippen molar-refractivity contribution in [1.29, 1.82) is 0 Å². The predicted molar refractivity (Wildman–Crippen MR) is 28.9 cm³/mol. The standard InChI is InChI=1S/8Co.8H2O/h;;;;;;;;8*1H2. The van der Waals surface area contributed by atoms with Gasteiger partial charge in [-0.05, 0) is 0 Å². The van der Waals surface area contributed by atoms with Crippen LogP contribution in [0.5, 0.6) is 0 Å². The van der Waals surface area contributed by atoms with Crippen LogP contribution in [0.2, 0.25) is 0 Å². The summed E-state index contributed by atoms with van der Waals surface area (Å²) in [4.78, 5) is 0. The molecule has 0 unspecified atom stereocenters. The minimum atomic E-state index is 0. The summed E-state index contributed by atoms with van der Waals surface area (Å²) in [5.41, 5.74) is 0. The molecule has 0 heterocycles. The topological polar surface area (TPSA) is 252 Å². The van der Waals surface area contributed by atoms with Gasteiger partial charge >= 0.3 is 0 Å². The van der Waals surface area contributed by atoms with Gasteiger partial charge in [0.2, 0.25) is 0 Å². The van der Waals surface area contributed by atoms with E-state index in [0.717, 1.165) is 0 Å². The van der Waals surface area contributed by atoms with E-state index in [9.17, 15) is 0 Å². The van der Waals surface area contributed by atoms with Gasteiger partial charge in [-0.15, -0.1) is 0 Å². The van der Waals surface area contributed by atoms with Crippen molar-refractivity contribution in [1.82, 2.24) is 0 Å².